The van der Waals surface area contributed by atoms with Gasteiger partial charge in [-0.25, -0.2) is 9.82 Å². The van der Waals surface area contributed by atoms with E-state index in [1.54, 1.807) is 52.3 Å². The van der Waals surface area contributed by atoms with Crippen molar-refractivity contribution in [1.82, 2.24) is 10.6 Å². The summed E-state index contributed by atoms with van der Waals surface area (Å²) in [6.07, 6.45) is 2.06. The molecule has 228 valence electrons. The molecule has 11 heteroatoms. The number of rotatable bonds is 15. The topological polar surface area (TPSA) is 90.9 Å². The van der Waals surface area contributed by atoms with Gasteiger partial charge in [0.25, 0.3) is 0 Å². The fourth-order valence-corrected chi connectivity index (χ4v) is 5.71. The Kier molecular flexibility index (Phi) is 11.6. The SMILES string of the molecule is COc1cc(C2CCC(c3cc(OC)c(OC)c(OC)c3)O2)cc(CNN(C)O)c1OCCCSc1ccc(F)cc1. The van der Waals surface area contributed by atoms with Gasteiger partial charge in [-0.3, -0.25) is 5.21 Å². The smallest absolute Gasteiger partial charge is 0.203 e. The fourth-order valence-electron chi connectivity index (χ4n) is 4.88. The second kappa shape index (κ2) is 15.3. The highest BCUT2D eigenvalue weighted by molar-refractivity contribution is 7.99. The van der Waals surface area contributed by atoms with Gasteiger partial charge in [0.05, 0.1) is 47.3 Å². The van der Waals surface area contributed by atoms with E-state index in [9.17, 15) is 9.60 Å². The molecule has 1 aliphatic heterocycles. The largest absolute Gasteiger partial charge is 0.493 e. The summed E-state index contributed by atoms with van der Waals surface area (Å²) in [5, 5.41) is 10.6. The van der Waals surface area contributed by atoms with Crippen molar-refractivity contribution in [3.8, 4) is 28.7 Å². The van der Waals surface area contributed by atoms with Gasteiger partial charge >= 0.3 is 0 Å². The van der Waals surface area contributed by atoms with Crippen LogP contribution >= 0.6 is 11.8 Å². The first kappa shape index (κ1) is 31.7. The standard InChI is InChI=1S/C31H39FN2O7S/c1-34(35)33-19-22-15-20(16-27(36-2)30(22)40-13-6-14-42-24-9-7-23(32)8-10-24)25-11-12-26(41-25)21-17-28(37-3)31(39-5)29(18-21)38-4/h7-10,15-18,25-26,33,35H,6,11-14,19H2,1-5H3. The number of nitrogens with one attached hydrogen (secondary N) is 1. The highest BCUT2D eigenvalue weighted by Gasteiger charge is 2.31. The quantitative estimate of drug-likeness (QED) is 0.117. The van der Waals surface area contributed by atoms with Crippen LogP contribution in [0.25, 0.3) is 0 Å². The minimum absolute atomic E-state index is 0.158. The van der Waals surface area contributed by atoms with Gasteiger partial charge in [-0.2, -0.15) is 0 Å². The lowest BCUT2D eigenvalue weighted by atomic mass is 10.0. The lowest BCUT2D eigenvalue weighted by Gasteiger charge is -2.21. The minimum atomic E-state index is -0.243. The van der Waals surface area contributed by atoms with Gasteiger partial charge in [0.15, 0.2) is 23.0 Å². The molecular formula is C31H39FN2O7S. The van der Waals surface area contributed by atoms with Crippen LogP contribution in [0.15, 0.2) is 53.4 Å². The van der Waals surface area contributed by atoms with E-state index in [-0.39, 0.29) is 18.0 Å². The zero-order valence-corrected chi connectivity index (χ0v) is 25.5. The van der Waals surface area contributed by atoms with Gasteiger partial charge in [0, 0.05) is 29.8 Å². The van der Waals surface area contributed by atoms with Crippen LogP contribution in [-0.4, -0.2) is 58.2 Å². The zero-order chi connectivity index (χ0) is 30.1. The van der Waals surface area contributed by atoms with Crippen LogP contribution in [0.3, 0.4) is 0 Å². The molecule has 0 aliphatic carbocycles. The summed E-state index contributed by atoms with van der Waals surface area (Å²) in [6.45, 7) is 0.787. The predicted molar refractivity (Wildman–Crippen MR) is 159 cm³/mol. The molecule has 2 unspecified atom stereocenters. The monoisotopic (exact) mass is 602 g/mol. The molecule has 0 radical (unpaired) electrons. The molecule has 42 heavy (non-hydrogen) atoms. The van der Waals surface area contributed by atoms with Crippen LogP contribution in [0.5, 0.6) is 28.7 Å². The minimum Gasteiger partial charge on any atom is -0.493 e. The maximum Gasteiger partial charge on any atom is 0.203 e. The molecule has 0 amide bonds. The molecule has 2 atom stereocenters. The Balaban J connectivity index is 1.48. The lowest BCUT2D eigenvalue weighted by molar-refractivity contribution is -0.114. The Labute approximate surface area is 250 Å². The highest BCUT2D eigenvalue weighted by atomic mass is 32.2. The first-order valence-corrected chi connectivity index (χ1v) is 14.7. The number of halogens is 1. The van der Waals surface area contributed by atoms with Gasteiger partial charge in [-0.05, 0) is 78.9 Å². The Morgan fingerprint density at radius 3 is 2.00 bits per heavy atom. The fraction of sp³-hybridized carbons (Fsp3) is 0.419. The molecule has 0 aromatic heterocycles. The third kappa shape index (κ3) is 7.99. The molecule has 9 nitrogen and oxygen atoms in total. The number of hydrazine groups is 1. The van der Waals surface area contributed by atoms with E-state index in [0.717, 1.165) is 51.8 Å². The number of methoxy groups -OCH3 is 4. The lowest BCUT2D eigenvalue weighted by Crippen LogP contribution is -2.30. The van der Waals surface area contributed by atoms with E-state index < -0.39 is 0 Å². The van der Waals surface area contributed by atoms with E-state index in [1.165, 1.54) is 19.2 Å². The summed E-state index contributed by atoms with van der Waals surface area (Å²) < 4.78 is 48.2. The maximum absolute atomic E-state index is 13.2. The molecule has 3 aromatic carbocycles. The average molecular weight is 603 g/mol. The highest BCUT2D eigenvalue weighted by Crippen LogP contribution is 2.47. The summed E-state index contributed by atoms with van der Waals surface area (Å²) in [7, 11) is 7.89. The van der Waals surface area contributed by atoms with Crippen LogP contribution in [0.1, 0.15) is 48.2 Å². The molecule has 4 rings (SSSR count). The normalized spacial score (nSPS) is 16.5. The molecule has 0 spiro atoms. The van der Waals surface area contributed by atoms with Gasteiger partial charge in [0.2, 0.25) is 5.75 Å². The van der Waals surface area contributed by atoms with Crippen molar-refractivity contribution in [3.63, 3.8) is 0 Å². The van der Waals surface area contributed by atoms with Crippen molar-refractivity contribution in [2.75, 3.05) is 47.8 Å². The van der Waals surface area contributed by atoms with E-state index in [0.29, 0.717) is 41.9 Å². The van der Waals surface area contributed by atoms with E-state index in [1.807, 2.05) is 24.3 Å². The van der Waals surface area contributed by atoms with Crippen LogP contribution in [-0.2, 0) is 11.3 Å². The van der Waals surface area contributed by atoms with Gasteiger partial charge < -0.3 is 28.4 Å². The number of benzene rings is 3. The number of thioether (sulfide) groups is 1. The molecule has 1 aliphatic rings. The first-order chi connectivity index (χ1) is 20.4. The Morgan fingerprint density at radius 1 is 0.881 bits per heavy atom. The Bertz CT molecular complexity index is 1280. The molecule has 1 saturated heterocycles. The average Bonchev–Trinajstić information content (AvgIpc) is 3.50. The van der Waals surface area contributed by atoms with E-state index in [4.69, 9.17) is 28.4 Å². The van der Waals surface area contributed by atoms with Crippen molar-refractivity contribution >= 4 is 11.8 Å². The van der Waals surface area contributed by atoms with Gasteiger partial charge in [-0.1, -0.05) is 0 Å². The molecular weight excluding hydrogens is 563 g/mol. The summed E-state index contributed by atoms with van der Waals surface area (Å²) in [5.41, 5.74) is 5.64. The third-order valence-electron chi connectivity index (χ3n) is 6.94. The van der Waals surface area contributed by atoms with Crippen LogP contribution in [0.4, 0.5) is 4.39 Å². The number of hydrogen-bond donors (Lipinski definition) is 2. The number of hydroxylamine groups is 1. The number of nitrogens with zero attached hydrogens (tertiary/aromatic N) is 1. The van der Waals surface area contributed by atoms with E-state index in [2.05, 4.69) is 5.43 Å². The summed E-state index contributed by atoms with van der Waals surface area (Å²) in [6, 6.07) is 14.3. The van der Waals surface area contributed by atoms with Crippen LogP contribution in [0, 0.1) is 5.82 Å². The van der Waals surface area contributed by atoms with Crippen molar-refractivity contribution in [2.45, 2.75) is 42.9 Å². The number of hydrogen-bond acceptors (Lipinski definition) is 10. The van der Waals surface area contributed by atoms with Crippen LogP contribution < -0.4 is 29.1 Å². The molecule has 0 bridgehead atoms. The van der Waals surface area contributed by atoms with Gasteiger partial charge in [-0.15, -0.1) is 16.9 Å². The van der Waals surface area contributed by atoms with Crippen molar-refractivity contribution in [2.24, 2.45) is 0 Å². The number of ether oxygens (including phenoxy) is 6. The summed E-state index contributed by atoms with van der Waals surface area (Å²) >= 11 is 1.65. The maximum atomic E-state index is 13.2. The summed E-state index contributed by atoms with van der Waals surface area (Å²) in [4.78, 5) is 1.01. The molecule has 3 aromatic rings. The predicted octanol–water partition coefficient (Wildman–Crippen LogP) is 6.34. The molecule has 1 fully saturated rings. The second-order valence-electron chi connectivity index (χ2n) is 9.72. The molecule has 0 saturated carbocycles. The summed E-state index contributed by atoms with van der Waals surface area (Å²) in [5.74, 6) is 3.49. The molecule has 2 N–H and O–H groups in total. The van der Waals surface area contributed by atoms with Crippen molar-refractivity contribution < 1.29 is 38.0 Å². The van der Waals surface area contributed by atoms with Crippen molar-refractivity contribution in [1.29, 1.82) is 0 Å². The third-order valence-corrected chi connectivity index (χ3v) is 8.04. The Hall–Kier alpha value is -3.22. The van der Waals surface area contributed by atoms with Crippen LogP contribution in [0.2, 0.25) is 0 Å². The first-order valence-electron chi connectivity index (χ1n) is 13.7. The van der Waals surface area contributed by atoms with E-state index >= 15 is 0 Å². The molecule has 1 heterocycles. The zero-order valence-electron chi connectivity index (χ0n) is 24.6. The van der Waals surface area contributed by atoms with Gasteiger partial charge in [0.1, 0.15) is 5.82 Å². The van der Waals surface area contributed by atoms with Crippen molar-refractivity contribution in [3.05, 3.63) is 71.0 Å². The Morgan fingerprint density at radius 2 is 1.45 bits per heavy atom. The second-order valence-corrected chi connectivity index (χ2v) is 10.9.